The van der Waals surface area contributed by atoms with E-state index in [4.69, 9.17) is 4.74 Å². The Morgan fingerprint density at radius 2 is 1.69 bits per heavy atom. The zero-order valence-electron chi connectivity index (χ0n) is 17.4. The van der Waals surface area contributed by atoms with E-state index in [1.807, 2.05) is 29.6 Å². The fourth-order valence-electron chi connectivity index (χ4n) is 3.23. The van der Waals surface area contributed by atoms with Crippen LogP contribution in [-0.4, -0.2) is 28.5 Å². The molecule has 0 atom stereocenters. The Morgan fingerprint density at radius 1 is 1.03 bits per heavy atom. The van der Waals surface area contributed by atoms with E-state index in [1.54, 1.807) is 31.4 Å². The number of hydrogen-bond acceptors (Lipinski definition) is 6. The van der Waals surface area contributed by atoms with E-state index in [0.29, 0.717) is 21.6 Å². The summed E-state index contributed by atoms with van der Waals surface area (Å²) in [5.41, 5.74) is 3.32. The van der Waals surface area contributed by atoms with Gasteiger partial charge in [0.05, 0.1) is 19.0 Å². The number of benzene rings is 2. The van der Waals surface area contributed by atoms with Crippen molar-refractivity contribution in [2.75, 3.05) is 17.7 Å². The van der Waals surface area contributed by atoms with Crippen LogP contribution in [-0.2, 0) is 16.1 Å². The van der Waals surface area contributed by atoms with E-state index in [1.165, 1.54) is 29.2 Å². The van der Waals surface area contributed by atoms with Crippen LogP contribution in [0.25, 0.3) is 21.3 Å². The second-order valence-corrected chi connectivity index (χ2v) is 7.92. The fourth-order valence-corrected chi connectivity index (χ4v) is 4.20. The number of nitrogens with zero attached hydrogens (tertiary/aromatic N) is 2. The number of aromatic nitrogens is 2. The van der Waals surface area contributed by atoms with Gasteiger partial charge in [-0.25, -0.2) is 4.98 Å². The fraction of sp³-hybridized carbons (Fsp3) is 0.130. The van der Waals surface area contributed by atoms with E-state index in [0.717, 1.165) is 16.9 Å². The molecule has 0 fully saturated rings. The number of fused-ring (bicyclic) bond motifs is 1. The lowest BCUT2D eigenvalue weighted by atomic mass is 10.1. The number of methoxy groups -OCH3 is 1. The molecule has 0 aliphatic heterocycles. The van der Waals surface area contributed by atoms with E-state index in [2.05, 4.69) is 15.6 Å². The minimum atomic E-state index is -0.354. The number of carbonyl (C=O) groups is 2. The smallest absolute Gasteiger partial charge is 0.271 e. The summed E-state index contributed by atoms with van der Waals surface area (Å²) in [5.74, 6) is 0.222. The summed E-state index contributed by atoms with van der Waals surface area (Å²) < 4.78 is 6.97. The van der Waals surface area contributed by atoms with Gasteiger partial charge in [0.25, 0.3) is 5.56 Å². The number of carbonyl (C=O) groups excluding carboxylic acids is 2. The maximum absolute atomic E-state index is 12.9. The van der Waals surface area contributed by atoms with Crippen molar-refractivity contribution in [2.45, 2.75) is 13.5 Å². The van der Waals surface area contributed by atoms with E-state index in [-0.39, 0.29) is 23.9 Å². The zero-order chi connectivity index (χ0) is 22.7. The molecule has 2 heterocycles. The normalized spacial score (nSPS) is 10.7. The molecule has 4 rings (SSSR count). The maximum atomic E-state index is 12.9. The lowest BCUT2D eigenvalue weighted by Crippen LogP contribution is -2.27. The van der Waals surface area contributed by atoms with Gasteiger partial charge in [-0.1, -0.05) is 12.1 Å². The third-order valence-corrected chi connectivity index (χ3v) is 5.71. The lowest BCUT2D eigenvalue weighted by Gasteiger charge is -2.08. The van der Waals surface area contributed by atoms with Crippen molar-refractivity contribution in [2.24, 2.45) is 0 Å². The first-order valence-corrected chi connectivity index (χ1v) is 10.6. The number of thiophene rings is 1. The van der Waals surface area contributed by atoms with E-state index in [9.17, 15) is 14.4 Å². The molecule has 2 amide bonds. The summed E-state index contributed by atoms with van der Waals surface area (Å²) in [7, 11) is 1.61. The number of anilines is 2. The van der Waals surface area contributed by atoms with Gasteiger partial charge in [-0.05, 0) is 42.0 Å². The van der Waals surface area contributed by atoms with Gasteiger partial charge >= 0.3 is 0 Å². The molecule has 0 saturated carbocycles. The topological polar surface area (TPSA) is 102 Å². The highest BCUT2D eigenvalue weighted by molar-refractivity contribution is 7.17. The van der Waals surface area contributed by atoms with Crippen LogP contribution in [0.1, 0.15) is 6.92 Å². The van der Waals surface area contributed by atoms with Crippen LogP contribution in [0.15, 0.2) is 65.0 Å². The largest absolute Gasteiger partial charge is 0.497 e. The summed E-state index contributed by atoms with van der Waals surface area (Å²) in [6.07, 6.45) is 1.39. The molecule has 4 aromatic rings. The lowest BCUT2D eigenvalue weighted by molar-refractivity contribution is -0.117. The number of rotatable bonds is 6. The molecular weight excluding hydrogens is 428 g/mol. The Morgan fingerprint density at radius 3 is 2.31 bits per heavy atom. The number of nitrogens with one attached hydrogen (secondary N) is 2. The molecule has 0 saturated heterocycles. The molecule has 9 heteroatoms. The van der Waals surface area contributed by atoms with Gasteiger partial charge in [0.15, 0.2) is 0 Å². The number of hydrogen-bond donors (Lipinski definition) is 2. The van der Waals surface area contributed by atoms with Crippen molar-refractivity contribution >= 4 is 44.7 Å². The quantitative estimate of drug-likeness (QED) is 0.468. The van der Waals surface area contributed by atoms with Crippen LogP contribution in [0.3, 0.4) is 0 Å². The molecule has 162 valence electrons. The average Bonchev–Trinajstić information content (AvgIpc) is 3.22. The predicted octanol–water partition coefficient (Wildman–Crippen LogP) is 3.73. The van der Waals surface area contributed by atoms with Crippen molar-refractivity contribution in [1.29, 1.82) is 0 Å². The third kappa shape index (κ3) is 4.52. The van der Waals surface area contributed by atoms with Gasteiger partial charge in [0, 0.05) is 29.2 Å². The second kappa shape index (κ2) is 9.03. The molecule has 0 radical (unpaired) electrons. The Labute approximate surface area is 187 Å². The summed E-state index contributed by atoms with van der Waals surface area (Å²) in [4.78, 5) is 40.9. The van der Waals surface area contributed by atoms with Crippen molar-refractivity contribution in [3.8, 4) is 16.9 Å². The van der Waals surface area contributed by atoms with Crippen LogP contribution in [0.5, 0.6) is 5.75 Å². The van der Waals surface area contributed by atoms with E-state index >= 15 is 0 Å². The molecule has 2 aromatic heterocycles. The molecule has 8 nitrogen and oxygen atoms in total. The summed E-state index contributed by atoms with van der Waals surface area (Å²) in [5, 5.41) is 7.29. The van der Waals surface area contributed by atoms with Crippen LogP contribution in [0.2, 0.25) is 0 Å². The number of amides is 2. The minimum absolute atomic E-state index is 0.162. The third-order valence-electron chi connectivity index (χ3n) is 4.75. The zero-order valence-corrected chi connectivity index (χ0v) is 18.2. The standard InChI is InChI=1S/C23H20N4O4S/c1-14(28)25-16-5-7-17(8-6-16)26-20(29)11-27-13-24-21-19(12-32-22(21)23(27)30)15-3-9-18(31-2)10-4-15/h3-10,12-13H,11H2,1-2H3,(H,25,28)(H,26,29). The molecule has 2 N–H and O–H groups in total. The Bertz CT molecular complexity index is 1340. The highest BCUT2D eigenvalue weighted by Gasteiger charge is 2.14. The van der Waals surface area contributed by atoms with Crippen molar-refractivity contribution in [1.82, 2.24) is 9.55 Å². The maximum Gasteiger partial charge on any atom is 0.271 e. The Hall–Kier alpha value is -3.98. The van der Waals surface area contributed by atoms with Crippen molar-refractivity contribution in [3.63, 3.8) is 0 Å². The Kier molecular flexibility index (Phi) is 6.00. The van der Waals surface area contributed by atoms with Crippen molar-refractivity contribution in [3.05, 3.63) is 70.6 Å². The summed E-state index contributed by atoms with van der Waals surface area (Å²) in [6, 6.07) is 14.3. The molecule has 0 aliphatic rings. The first kappa shape index (κ1) is 21.3. The molecule has 0 aliphatic carbocycles. The monoisotopic (exact) mass is 448 g/mol. The second-order valence-electron chi connectivity index (χ2n) is 7.04. The van der Waals surface area contributed by atoms with Gasteiger partial charge in [-0.15, -0.1) is 11.3 Å². The van der Waals surface area contributed by atoms with Gasteiger partial charge in [-0.3, -0.25) is 19.0 Å². The molecular formula is C23H20N4O4S. The first-order chi connectivity index (χ1) is 15.4. The summed E-state index contributed by atoms with van der Waals surface area (Å²) in [6.45, 7) is 1.26. The van der Waals surface area contributed by atoms with Gasteiger partial charge in [0.2, 0.25) is 11.8 Å². The number of ether oxygens (including phenoxy) is 1. The Balaban J connectivity index is 1.51. The van der Waals surface area contributed by atoms with Gasteiger partial charge in [-0.2, -0.15) is 0 Å². The van der Waals surface area contributed by atoms with Crippen LogP contribution < -0.4 is 20.9 Å². The van der Waals surface area contributed by atoms with Crippen LogP contribution in [0, 0.1) is 0 Å². The molecule has 32 heavy (non-hydrogen) atoms. The minimum Gasteiger partial charge on any atom is -0.497 e. The first-order valence-electron chi connectivity index (χ1n) is 9.73. The molecule has 0 spiro atoms. The molecule has 0 bridgehead atoms. The summed E-state index contributed by atoms with van der Waals surface area (Å²) >= 11 is 1.30. The van der Waals surface area contributed by atoms with Crippen LogP contribution in [0.4, 0.5) is 11.4 Å². The van der Waals surface area contributed by atoms with Crippen molar-refractivity contribution < 1.29 is 14.3 Å². The average molecular weight is 449 g/mol. The predicted molar refractivity (Wildman–Crippen MR) is 125 cm³/mol. The highest BCUT2D eigenvalue weighted by Crippen LogP contribution is 2.31. The molecule has 2 aromatic carbocycles. The van der Waals surface area contributed by atoms with Gasteiger partial charge < -0.3 is 15.4 Å². The van der Waals surface area contributed by atoms with Crippen LogP contribution >= 0.6 is 11.3 Å². The van der Waals surface area contributed by atoms with Gasteiger partial charge in [0.1, 0.15) is 17.0 Å². The molecule has 0 unspecified atom stereocenters. The highest BCUT2D eigenvalue weighted by atomic mass is 32.1. The SMILES string of the molecule is COc1ccc(-c2csc3c(=O)n(CC(=O)Nc4ccc(NC(C)=O)cc4)cnc23)cc1. The van der Waals surface area contributed by atoms with E-state index < -0.39 is 0 Å².